The third-order valence-electron chi connectivity index (χ3n) is 2.78. The number of guanidine groups is 1. The van der Waals surface area contributed by atoms with Crippen molar-refractivity contribution in [3.05, 3.63) is 16.1 Å². The molecular formula is C15H29IN4OS. The molecular weight excluding hydrogens is 411 g/mol. The molecule has 0 saturated carbocycles. The summed E-state index contributed by atoms with van der Waals surface area (Å²) >= 11 is 1.65. The second kappa shape index (κ2) is 13.1. The Hall–Kier alpha value is -0.410. The average molecular weight is 440 g/mol. The Morgan fingerprint density at radius 1 is 1.41 bits per heavy atom. The highest BCUT2D eigenvalue weighted by molar-refractivity contribution is 14.0. The summed E-state index contributed by atoms with van der Waals surface area (Å²) < 4.78 is 5.56. The zero-order chi connectivity index (χ0) is 15.5. The fourth-order valence-corrected chi connectivity index (χ4v) is 2.37. The lowest BCUT2D eigenvalue weighted by Gasteiger charge is -2.11. The van der Waals surface area contributed by atoms with Crippen LogP contribution in [0.2, 0.25) is 0 Å². The van der Waals surface area contributed by atoms with E-state index in [1.165, 1.54) is 4.88 Å². The molecule has 0 aliphatic heterocycles. The van der Waals surface area contributed by atoms with E-state index in [1.807, 2.05) is 12.4 Å². The second-order valence-corrected chi connectivity index (χ2v) is 6.24. The van der Waals surface area contributed by atoms with Crippen LogP contribution < -0.4 is 10.6 Å². The van der Waals surface area contributed by atoms with Gasteiger partial charge < -0.3 is 15.4 Å². The minimum Gasteiger partial charge on any atom is -0.381 e. The molecule has 1 aromatic rings. The van der Waals surface area contributed by atoms with Crippen molar-refractivity contribution < 1.29 is 4.74 Å². The van der Waals surface area contributed by atoms with E-state index in [2.05, 4.69) is 41.4 Å². The lowest BCUT2D eigenvalue weighted by Crippen LogP contribution is -2.38. The monoisotopic (exact) mass is 440 g/mol. The molecule has 0 aliphatic carbocycles. The first-order valence-corrected chi connectivity index (χ1v) is 8.50. The number of hydrogen-bond donors (Lipinski definition) is 2. The summed E-state index contributed by atoms with van der Waals surface area (Å²) in [6.45, 7) is 12.4. The van der Waals surface area contributed by atoms with Crippen molar-refractivity contribution in [2.45, 2.75) is 40.7 Å². The van der Waals surface area contributed by atoms with Gasteiger partial charge in [-0.05, 0) is 26.2 Å². The van der Waals surface area contributed by atoms with Gasteiger partial charge in [0.1, 0.15) is 0 Å². The third kappa shape index (κ3) is 9.58. The maximum absolute atomic E-state index is 5.56. The van der Waals surface area contributed by atoms with Crippen LogP contribution in [-0.4, -0.2) is 37.2 Å². The Kier molecular flexibility index (Phi) is 12.8. The summed E-state index contributed by atoms with van der Waals surface area (Å²) in [6.07, 6.45) is 0.983. The molecule has 0 bridgehead atoms. The molecule has 0 amide bonds. The smallest absolute Gasteiger partial charge is 0.191 e. The molecule has 5 nitrogen and oxygen atoms in total. The topological polar surface area (TPSA) is 58.5 Å². The van der Waals surface area contributed by atoms with Crippen molar-refractivity contribution in [2.24, 2.45) is 10.9 Å². The van der Waals surface area contributed by atoms with Gasteiger partial charge in [0.15, 0.2) is 5.96 Å². The van der Waals surface area contributed by atoms with E-state index in [1.54, 1.807) is 11.3 Å². The van der Waals surface area contributed by atoms with Crippen LogP contribution in [0, 0.1) is 12.8 Å². The number of nitrogens with one attached hydrogen (secondary N) is 2. The molecule has 1 aromatic heterocycles. The lowest BCUT2D eigenvalue weighted by molar-refractivity contribution is 0.108. The van der Waals surface area contributed by atoms with Crippen molar-refractivity contribution in [1.82, 2.24) is 15.6 Å². The van der Waals surface area contributed by atoms with Crippen LogP contribution in [0.5, 0.6) is 0 Å². The van der Waals surface area contributed by atoms with Gasteiger partial charge in [-0.25, -0.2) is 9.98 Å². The molecule has 1 rings (SSSR count). The van der Waals surface area contributed by atoms with Crippen LogP contribution in [0.25, 0.3) is 0 Å². The Balaban J connectivity index is 0.00000441. The van der Waals surface area contributed by atoms with Gasteiger partial charge in [-0.2, -0.15) is 0 Å². The Morgan fingerprint density at radius 3 is 2.77 bits per heavy atom. The minimum atomic E-state index is 0. The maximum Gasteiger partial charge on any atom is 0.191 e. The predicted octanol–water partition coefficient (Wildman–Crippen LogP) is 3.19. The molecule has 0 aliphatic rings. The van der Waals surface area contributed by atoms with Gasteiger partial charge in [-0.1, -0.05) is 13.8 Å². The number of thiazole rings is 1. The van der Waals surface area contributed by atoms with Crippen molar-refractivity contribution in [2.75, 3.05) is 26.3 Å². The fraction of sp³-hybridized carbons (Fsp3) is 0.733. The average Bonchev–Trinajstić information content (AvgIpc) is 2.85. The molecule has 128 valence electrons. The maximum atomic E-state index is 5.56. The Morgan fingerprint density at radius 2 is 2.18 bits per heavy atom. The van der Waals surface area contributed by atoms with Crippen LogP contribution >= 0.6 is 35.3 Å². The third-order valence-corrected chi connectivity index (χ3v) is 3.70. The zero-order valence-corrected chi connectivity index (χ0v) is 17.2. The summed E-state index contributed by atoms with van der Waals surface area (Å²) in [7, 11) is 0. The van der Waals surface area contributed by atoms with Gasteiger partial charge in [-0.3, -0.25) is 0 Å². The van der Waals surface area contributed by atoms with Gasteiger partial charge in [0.25, 0.3) is 0 Å². The first-order chi connectivity index (χ1) is 10.1. The molecule has 0 radical (unpaired) electrons. The normalized spacial score (nSPS) is 11.4. The Labute approximate surface area is 155 Å². The largest absolute Gasteiger partial charge is 0.381 e. The summed E-state index contributed by atoms with van der Waals surface area (Å²) in [5.74, 6) is 1.45. The van der Waals surface area contributed by atoms with Crippen LogP contribution in [0.3, 0.4) is 0 Å². The first-order valence-electron chi connectivity index (χ1n) is 7.62. The molecule has 0 aromatic carbocycles. The highest BCUT2D eigenvalue weighted by Gasteiger charge is 2.02. The number of aromatic nitrogens is 1. The molecule has 0 atom stereocenters. The van der Waals surface area contributed by atoms with E-state index in [9.17, 15) is 0 Å². The molecule has 0 saturated heterocycles. The minimum absolute atomic E-state index is 0. The van der Waals surface area contributed by atoms with Crippen molar-refractivity contribution >= 4 is 41.3 Å². The van der Waals surface area contributed by atoms with Crippen molar-refractivity contribution in [1.29, 1.82) is 0 Å². The number of aliphatic imine (C=N–C) groups is 1. The number of rotatable bonds is 9. The number of hydrogen-bond acceptors (Lipinski definition) is 4. The van der Waals surface area contributed by atoms with E-state index in [0.717, 1.165) is 44.4 Å². The van der Waals surface area contributed by atoms with E-state index in [0.29, 0.717) is 12.5 Å². The highest BCUT2D eigenvalue weighted by atomic mass is 127. The number of aryl methyl sites for hydroxylation is 1. The SMILES string of the molecule is CCNC(=NCc1scnc1C)NCCCOCC(C)C.I. The van der Waals surface area contributed by atoms with Gasteiger partial charge in [-0.15, -0.1) is 35.3 Å². The van der Waals surface area contributed by atoms with Crippen LogP contribution in [0.4, 0.5) is 0 Å². The van der Waals surface area contributed by atoms with E-state index in [4.69, 9.17) is 4.74 Å². The molecule has 1 heterocycles. The molecule has 0 spiro atoms. The summed E-state index contributed by atoms with van der Waals surface area (Å²) in [5, 5.41) is 6.59. The van der Waals surface area contributed by atoms with Crippen molar-refractivity contribution in [3.8, 4) is 0 Å². The van der Waals surface area contributed by atoms with Crippen LogP contribution in [0.15, 0.2) is 10.5 Å². The van der Waals surface area contributed by atoms with E-state index in [-0.39, 0.29) is 24.0 Å². The van der Waals surface area contributed by atoms with Gasteiger partial charge in [0, 0.05) is 31.2 Å². The molecule has 0 unspecified atom stereocenters. The van der Waals surface area contributed by atoms with E-state index >= 15 is 0 Å². The van der Waals surface area contributed by atoms with Crippen LogP contribution in [-0.2, 0) is 11.3 Å². The molecule has 7 heteroatoms. The second-order valence-electron chi connectivity index (χ2n) is 5.31. The zero-order valence-electron chi connectivity index (χ0n) is 14.0. The summed E-state index contributed by atoms with van der Waals surface area (Å²) in [6, 6.07) is 0. The van der Waals surface area contributed by atoms with Crippen LogP contribution in [0.1, 0.15) is 37.8 Å². The number of ether oxygens (including phenoxy) is 1. The molecule has 2 N–H and O–H groups in total. The predicted molar refractivity (Wildman–Crippen MR) is 105 cm³/mol. The number of nitrogens with zero attached hydrogens (tertiary/aromatic N) is 2. The quantitative estimate of drug-likeness (QED) is 0.268. The standard InChI is InChI=1S/C15H28N4OS.HI/c1-5-16-15(17-7-6-8-20-10-12(2)3)18-9-14-13(4)19-11-21-14;/h11-12H,5-10H2,1-4H3,(H2,16,17,18);1H. The fourth-order valence-electron chi connectivity index (χ4n) is 1.67. The number of halogens is 1. The van der Waals surface area contributed by atoms with Crippen molar-refractivity contribution in [3.63, 3.8) is 0 Å². The summed E-state index contributed by atoms with van der Waals surface area (Å²) in [4.78, 5) is 10.0. The lowest BCUT2D eigenvalue weighted by atomic mass is 10.2. The Bertz CT molecular complexity index is 423. The van der Waals surface area contributed by atoms with Gasteiger partial charge >= 0.3 is 0 Å². The summed E-state index contributed by atoms with van der Waals surface area (Å²) in [5.41, 5.74) is 2.94. The molecule has 22 heavy (non-hydrogen) atoms. The highest BCUT2D eigenvalue weighted by Crippen LogP contribution is 2.12. The molecule has 0 fully saturated rings. The van der Waals surface area contributed by atoms with E-state index < -0.39 is 0 Å². The van der Waals surface area contributed by atoms with Gasteiger partial charge in [0.2, 0.25) is 0 Å². The van der Waals surface area contributed by atoms with Gasteiger partial charge in [0.05, 0.1) is 17.7 Å². The first kappa shape index (κ1) is 21.6.